The SMILES string of the molecule is Cc1c(Cl)ccc2c1N[C@H](c1ccc(C(=O)O)cc1)C1CC=CC21. The maximum atomic E-state index is 11.1. The van der Waals surface area contributed by atoms with Gasteiger partial charge in [0, 0.05) is 16.6 Å². The summed E-state index contributed by atoms with van der Waals surface area (Å²) in [7, 11) is 0. The van der Waals surface area contributed by atoms with Gasteiger partial charge in [0.2, 0.25) is 0 Å². The van der Waals surface area contributed by atoms with Crippen molar-refractivity contribution in [2.45, 2.75) is 25.3 Å². The first-order chi connectivity index (χ1) is 11.6. The lowest BCUT2D eigenvalue weighted by Gasteiger charge is -2.38. The standard InChI is InChI=1S/C20H18ClNO2/c1-11-17(21)10-9-16-14-3-2-4-15(14)19(22-18(11)16)12-5-7-13(8-6-12)20(23)24/h2-3,5-10,14-15,19,22H,4H2,1H3,(H,23,24)/t14?,15?,19-/m1/s1. The number of fused-ring (bicyclic) bond motifs is 3. The molecule has 4 rings (SSSR count). The van der Waals surface area contributed by atoms with Crippen molar-refractivity contribution < 1.29 is 9.90 Å². The van der Waals surface area contributed by atoms with Gasteiger partial charge in [0.15, 0.2) is 0 Å². The average molecular weight is 340 g/mol. The molecule has 3 nitrogen and oxygen atoms in total. The smallest absolute Gasteiger partial charge is 0.335 e. The quantitative estimate of drug-likeness (QED) is 0.742. The van der Waals surface area contributed by atoms with E-state index in [1.807, 2.05) is 25.1 Å². The van der Waals surface area contributed by atoms with Crippen molar-refractivity contribution in [3.63, 3.8) is 0 Å². The first kappa shape index (κ1) is 15.3. The number of carboxylic acid groups (broad SMARTS) is 1. The molecule has 0 amide bonds. The highest BCUT2D eigenvalue weighted by molar-refractivity contribution is 6.31. The van der Waals surface area contributed by atoms with Gasteiger partial charge in [0.25, 0.3) is 0 Å². The molecule has 2 unspecified atom stereocenters. The fourth-order valence-electron chi connectivity index (χ4n) is 3.95. The number of anilines is 1. The maximum absolute atomic E-state index is 11.1. The molecule has 0 spiro atoms. The van der Waals surface area contributed by atoms with Crippen LogP contribution in [0.25, 0.3) is 0 Å². The molecule has 2 aliphatic rings. The second kappa shape index (κ2) is 5.67. The van der Waals surface area contributed by atoms with Gasteiger partial charge in [-0.15, -0.1) is 0 Å². The van der Waals surface area contributed by atoms with Crippen LogP contribution in [0, 0.1) is 12.8 Å². The van der Waals surface area contributed by atoms with Crippen LogP contribution >= 0.6 is 11.6 Å². The lowest BCUT2D eigenvalue weighted by atomic mass is 9.76. The third-order valence-electron chi connectivity index (χ3n) is 5.25. The second-order valence-corrected chi connectivity index (χ2v) is 6.95. The van der Waals surface area contributed by atoms with Gasteiger partial charge in [0.1, 0.15) is 0 Å². The van der Waals surface area contributed by atoms with E-state index in [0.29, 0.717) is 17.4 Å². The van der Waals surface area contributed by atoms with Gasteiger partial charge in [-0.3, -0.25) is 0 Å². The number of carboxylic acids is 1. The highest BCUT2D eigenvalue weighted by Crippen LogP contribution is 2.51. The van der Waals surface area contributed by atoms with Gasteiger partial charge in [-0.1, -0.05) is 42.0 Å². The molecule has 0 saturated carbocycles. The van der Waals surface area contributed by atoms with Gasteiger partial charge in [-0.25, -0.2) is 4.79 Å². The summed E-state index contributed by atoms with van der Waals surface area (Å²) in [6, 6.07) is 11.4. The van der Waals surface area contributed by atoms with E-state index in [1.54, 1.807) is 12.1 Å². The van der Waals surface area contributed by atoms with Crippen molar-refractivity contribution in [1.82, 2.24) is 0 Å². The Morgan fingerprint density at radius 2 is 1.96 bits per heavy atom. The minimum atomic E-state index is -0.897. The van der Waals surface area contributed by atoms with E-state index in [1.165, 1.54) is 5.56 Å². The van der Waals surface area contributed by atoms with Gasteiger partial charge in [0.05, 0.1) is 11.6 Å². The molecule has 2 aromatic rings. The second-order valence-electron chi connectivity index (χ2n) is 6.54. The summed E-state index contributed by atoms with van der Waals surface area (Å²) in [4.78, 5) is 11.1. The number of hydrogen-bond acceptors (Lipinski definition) is 2. The highest BCUT2D eigenvalue weighted by atomic mass is 35.5. The minimum Gasteiger partial charge on any atom is -0.478 e. The number of allylic oxidation sites excluding steroid dienone is 2. The highest BCUT2D eigenvalue weighted by Gasteiger charge is 2.38. The summed E-state index contributed by atoms with van der Waals surface area (Å²) in [5.74, 6) is -0.0818. The third-order valence-corrected chi connectivity index (χ3v) is 5.66. The van der Waals surface area contributed by atoms with Crippen molar-refractivity contribution in [2.24, 2.45) is 5.92 Å². The molecule has 0 radical (unpaired) electrons. The number of halogens is 1. The Kier molecular flexibility index (Phi) is 3.61. The zero-order chi connectivity index (χ0) is 16.8. The van der Waals surface area contributed by atoms with Crippen LogP contribution in [0.15, 0.2) is 48.6 Å². The number of rotatable bonds is 2. The lowest BCUT2D eigenvalue weighted by Crippen LogP contribution is -2.29. The predicted molar refractivity (Wildman–Crippen MR) is 95.9 cm³/mol. The van der Waals surface area contributed by atoms with Crippen LogP contribution in [0.2, 0.25) is 5.02 Å². The molecule has 3 atom stereocenters. The molecular formula is C20H18ClNO2. The molecular weight excluding hydrogens is 322 g/mol. The molecule has 1 heterocycles. The number of carbonyl (C=O) groups is 1. The summed E-state index contributed by atoms with van der Waals surface area (Å²) in [5, 5.41) is 13.5. The van der Waals surface area contributed by atoms with Crippen molar-refractivity contribution >= 4 is 23.3 Å². The number of aromatic carboxylic acids is 1. The van der Waals surface area contributed by atoms with Crippen LogP contribution in [0.5, 0.6) is 0 Å². The topological polar surface area (TPSA) is 49.3 Å². The molecule has 122 valence electrons. The molecule has 0 aromatic heterocycles. The Bertz CT molecular complexity index is 841. The summed E-state index contributed by atoms with van der Waals surface area (Å²) in [6.45, 7) is 2.04. The number of nitrogens with one attached hydrogen (secondary N) is 1. The molecule has 2 N–H and O–H groups in total. The van der Waals surface area contributed by atoms with Crippen molar-refractivity contribution in [2.75, 3.05) is 5.32 Å². The number of hydrogen-bond donors (Lipinski definition) is 2. The summed E-state index contributed by atoms with van der Waals surface area (Å²) in [6.07, 6.45) is 5.55. The Balaban J connectivity index is 1.77. The van der Waals surface area contributed by atoms with Crippen molar-refractivity contribution in [3.8, 4) is 0 Å². The minimum absolute atomic E-state index is 0.150. The monoisotopic (exact) mass is 339 g/mol. The summed E-state index contributed by atoms with van der Waals surface area (Å²) >= 11 is 6.31. The van der Waals surface area contributed by atoms with E-state index >= 15 is 0 Å². The van der Waals surface area contributed by atoms with E-state index in [2.05, 4.69) is 23.5 Å². The van der Waals surface area contributed by atoms with Crippen molar-refractivity contribution in [3.05, 3.63) is 75.8 Å². The fourth-order valence-corrected chi connectivity index (χ4v) is 4.11. The Hall–Kier alpha value is -2.26. The van der Waals surface area contributed by atoms with Gasteiger partial charge in [-0.2, -0.15) is 0 Å². The van der Waals surface area contributed by atoms with Crippen LogP contribution in [0.1, 0.15) is 45.4 Å². The van der Waals surface area contributed by atoms with Crippen LogP contribution < -0.4 is 5.32 Å². The first-order valence-corrected chi connectivity index (χ1v) is 8.49. The summed E-state index contributed by atoms with van der Waals surface area (Å²) in [5.41, 5.74) is 4.91. The predicted octanol–water partition coefficient (Wildman–Crippen LogP) is 5.17. The molecule has 24 heavy (non-hydrogen) atoms. The van der Waals surface area contributed by atoms with Gasteiger partial charge >= 0.3 is 5.97 Å². The Morgan fingerprint density at radius 1 is 1.21 bits per heavy atom. The van der Waals surface area contributed by atoms with E-state index in [4.69, 9.17) is 16.7 Å². The lowest BCUT2D eigenvalue weighted by molar-refractivity contribution is 0.0697. The zero-order valence-electron chi connectivity index (χ0n) is 13.3. The molecule has 0 fully saturated rings. The normalized spacial score (nSPS) is 24.2. The Morgan fingerprint density at radius 3 is 2.67 bits per heavy atom. The van der Waals surface area contributed by atoms with Gasteiger partial charge < -0.3 is 10.4 Å². The zero-order valence-corrected chi connectivity index (χ0v) is 14.0. The fraction of sp³-hybridized carbons (Fsp3) is 0.250. The van der Waals surface area contributed by atoms with E-state index in [9.17, 15) is 4.79 Å². The average Bonchev–Trinajstić information content (AvgIpc) is 3.07. The molecule has 0 saturated heterocycles. The van der Waals surface area contributed by atoms with Crippen LogP contribution in [0.3, 0.4) is 0 Å². The van der Waals surface area contributed by atoms with E-state index in [0.717, 1.165) is 28.3 Å². The van der Waals surface area contributed by atoms with Crippen LogP contribution in [-0.2, 0) is 0 Å². The first-order valence-electron chi connectivity index (χ1n) is 8.11. The largest absolute Gasteiger partial charge is 0.478 e. The molecule has 1 aliphatic carbocycles. The maximum Gasteiger partial charge on any atom is 0.335 e. The van der Waals surface area contributed by atoms with Crippen LogP contribution in [0.4, 0.5) is 5.69 Å². The van der Waals surface area contributed by atoms with E-state index < -0.39 is 5.97 Å². The summed E-state index contributed by atoms with van der Waals surface area (Å²) < 4.78 is 0. The molecule has 4 heteroatoms. The third kappa shape index (κ3) is 2.31. The molecule has 2 aromatic carbocycles. The molecule has 1 aliphatic heterocycles. The van der Waals surface area contributed by atoms with Gasteiger partial charge in [-0.05, 0) is 54.2 Å². The molecule has 0 bridgehead atoms. The van der Waals surface area contributed by atoms with Crippen LogP contribution in [-0.4, -0.2) is 11.1 Å². The Labute approximate surface area is 146 Å². The van der Waals surface area contributed by atoms with E-state index in [-0.39, 0.29) is 6.04 Å². The van der Waals surface area contributed by atoms with Crippen molar-refractivity contribution in [1.29, 1.82) is 0 Å². The number of benzene rings is 2.